The van der Waals surface area contributed by atoms with Gasteiger partial charge < -0.3 is 16.4 Å². The molecule has 4 N–H and O–H groups in total. The van der Waals surface area contributed by atoms with Crippen molar-refractivity contribution in [1.82, 2.24) is 15.0 Å². The summed E-state index contributed by atoms with van der Waals surface area (Å²) in [5, 5.41) is 16.0. The quantitative estimate of drug-likeness (QED) is 0.544. The molecule has 0 fully saturated rings. The Labute approximate surface area is 174 Å². The van der Waals surface area contributed by atoms with E-state index >= 15 is 0 Å². The van der Waals surface area contributed by atoms with E-state index in [0.717, 1.165) is 11.3 Å². The van der Waals surface area contributed by atoms with E-state index in [9.17, 15) is 4.79 Å². The van der Waals surface area contributed by atoms with E-state index in [1.54, 1.807) is 35.5 Å². The van der Waals surface area contributed by atoms with Gasteiger partial charge in [0.2, 0.25) is 5.95 Å². The molecule has 9 heteroatoms. The average Bonchev–Trinajstić information content (AvgIpc) is 3.21. The fourth-order valence-corrected chi connectivity index (χ4v) is 3.03. The molecular weight excluding hydrogens is 380 g/mol. The number of carbonyl (C=O) groups is 1. The third-order valence-corrected chi connectivity index (χ3v) is 4.68. The number of para-hydroxylation sites is 2. The molecule has 0 aliphatic carbocycles. The highest BCUT2D eigenvalue weighted by Gasteiger charge is 2.20. The molecule has 0 radical (unpaired) electrons. The number of amides is 1. The summed E-state index contributed by atoms with van der Waals surface area (Å²) < 4.78 is 0. The number of nitrogens with one attached hydrogen (secondary N) is 2. The zero-order valence-electron chi connectivity index (χ0n) is 16.5. The Kier molecular flexibility index (Phi) is 5.51. The van der Waals surface area contributed by atoms with E-state index in [4.69, 9.17) is 5.73 Å². The van der Waals surface area contributed by atoms with Crippen LogP contribution in [0.4, 0.5) is 17.3 Å². The summed E-state index contributed by atoms with van der Waals surface area (Å²) in [4.78, 5) is 21.2. The minimum atomic E-state index is -0.209. The molecule has 2 heterocycles. The highest BCUT2D eigenvalue weighted by atomic mass is 16.1. The van der Waals surface area contributed by atoms with Crippen LogP contribution in [0.5, 0.6) is 0 Å². The zero-order valence-corrected chi connectivity index (χ0v) is 16.5. The average molecular weight is 402 g/mol. The van der Waals surface area contributed by atoms with Crippen molar-refractivity contribution in [3.05, 3.63) is 77.6 Å². The van der Waals surface area contributed by atoms with Crippen LogP contribution in [0.15, 0.2) is 71.1 Å². The third-order valence-electron chi connectivity index (χ3n) is 4.68. The molecule has 0 bridgehead atoms. The summed E-state index contributed by atoms with van der Waals surface area (Å²) in [5.41, 5.74) is 9.38. The van der Waals surface area contributed by atoms with Gasteiger partial charge in [0.1, 0.15) is 6.04 Å². The molecule has 0 saturated heterocycles. The number of benzene rings is 2. The Morgan fingerprint density at radius 3 is 2.70 bits per heavy atom. The Hall–Kier alpha value is -4.01. The van der Waals surface area contributed by atoms with Gasteiger partial charge in [0.05, 0.1) is 23.6 Å². The minimum absolute atomic E-state index is 0.0741. The van der Waals surface area contributed by atoms with Gasteiger partial charge in [-0.3, -0.25) is 9.80 Å². The minimum Gasteiger partial charge on any atom is -0.397 e. The first-order valence-corrected chi connectivity index (χ1v) is 9.52. The fraction of sp³-hybridized carbons (Fsp3) is 0.190. The van der Waals surface area contributed by atoms with Crippen LogP contribution in [-0.2, 0) is 6.54 Å². The monoisotopic (exact) mass is 402 g/mol. The predicted octanol–water partition coefficient (Wildman–Crippen LogP) is 3.28. The number of carbonyl (C=O) groups excluding carboxylic acids is 1. The van der Waals surface area contributed by atoms with Crippen molar-refractivity contribution in [3.63, 3.8) is 0 Å². The van der Waals surface area contributed by atoms with E-state index < -0.39 is 0 Å². The number of rotatable bonds is 6. The summed E-state index contributed by atoms with van der Waals surface area (Å²) in [7, 11) is 1.88. The summed E-state index contributed by atoms with van der Waals surface area (Å²) in [6, 6.07) is 16.3. The van der Waals surface area contributed by atoms with Gasteiger partial charge >= 0.3 is 0 Å². The molecule has 9 nitrogen and oxygen atoms in total. The normalized spacial score (nSPS) is 15.2. The zero-order chi connectivity index (χ0) is 20.9. The molecule has 4 rings (SSSR count). The Bertz CT molecular complexity index is 1070. The molecule has 3 aromatic rings. The van der Waals surface area contributed by atoms with Crippen LogP contribution in [0.25, 0.3) is 0 Å². The lowest BCUT2D eigenvalue weighted by Gasteiger charge is -2.10. The predicted molar refractivity (Wildman–Crippen MR) is 115 cm³/mol. The van der Waals surface area contributed by atoms with Crippen molar-refractivity contribution in [2.45, 2.75) is 12.6 Å². The van der Waals surface area contributed by atoms with E-state index in [-0.39, 0.29) is 11.9 Å². The number of nitrogens with zero attached hydrogens (tertiary/aromatic N) is 5. The Balaban J connectivity index is 1.35. The van der Waals surface area contributed by atoms with Crippen LogP contribution in [0.1, 0.15) is 27.7 Å². The van der Waals surface area contributed by atoms with Crippen LogP contribution >= 0.6 is 0 Å². The van der Waals surface area contributed by atoms with E-state index in [0.29, 0.717) is 36.0 Å². The first kappa shape index (κ1) is 19.3. The number of nitrogens with two attached hydrogens (primary N) is 1. The number of nitrogen functional groups attached to an aromatic ring is 1. The second-order valence-electron chi connectivity index (χ2n) is 6.96. The van der Waals surface area contributed by atoms with Gasteiger partial charge in [0.25, 0.3) is 5.91 Å². The van der Waals surface area contributed by atoms with Crippen LogP contribution in [-0.4, -0.2) is 34.5 Å². The standard InChI is InChI=1S/C21H22N8O/c1-29-13-19(27-28-29)18-10-11-23-21(26-18)24-12-14-6-8-15(9-7-14)20(30)25-17-5-3-2-4-16(17)22/h2-11,19H,12-13,22H2,1H3,(H,25,30)(H,23,24,26). The first-order valence-electron chi connectivity index (χ1n) is 9.52. The lowest BCUT2D eigenvalue weighted by molar-refractivity contribution is 0.102. The maximum atomic E-state index is 12.4. The molecule has 1 aromatic heterocycles. The van der Waals surface area contributed by atoms with Crippen LogP contribution in [0.3, 0.4) is 0 Å². The number of hydrogen-bond acceptors (Lipinski definition) is 8. The molecular formula is C21H22N8O. The van der Waals surface area contributed by atoms with Gasteiger partial charge in [0.15, 0.2) is 0 Å². The molecule has 1 amide bonds. The highest BCUT2D eigenvalue weighted by molar-refractivity contribution is 6.05. The molecule has 152 valence electrons. The molecule has 2 aromatic carbocycles. The molecule has 1 atom stereocenters. The van der Waals surface area contributed by atoms with Gasteiger partial charge in [-0.2, -0.15) is 5.11 Å². The van der Waals surface area contributed by atoms with Crippen LogP contribution in [0, 0.1) is 0 Å². The molecule has 1 unspecified atom stereocenters. The van der Waals surface area contributed by atoms with Crippen molar-refractivity contribution in [1.29, 1.82) is 0 Å². The van der Waals surface area contributed by atoms with Crippen LogP contribution in [0.2, 0.25) is 0 Å². The highest BCUT2D eigenvalue weighted by Crippen LogP contribution is 2.22. The molecule has 1 aliphatic rings. The number of anilines is 3. The van der Waals surface area contributed by atoms with Crippen molar-refractivity contribution in [2.75, 3.05) is 30.0 Å². The second kappa shape index (κ2) is 8.56. The summed E-state index contributed by atoms with van der Waals surface area (Å²) in [6.07, 6.45) is 1.71. The topological polar surface area (TPSA) is 121 Å². The summed E-state index contributed by atoms with van der Waals surface area (Å²) in [6.45, 7) is 1.23. The lowest BCUT2D eigenvalue weighted by atomic mass is 10.1. The van der Waals surface area contributed by atoms with Gasteiger partial charge in [0, 0.05) is 25.4 Å². The number of likely N-dealkylation sites (N-methyl/N-ethyl adjacent to an activating group) is 1. The second-order valence-corrected chi connectivity index (χ2v) is 6.96. The SMILES string of the molecule is CN1CC(c2ccnc(NCc3ccc(C(=O)Nc4ccccc4N)cc3)n2)N=N1. The molecule has 0 saturated carbocycles. The Morgan fingerprint density at radius 1 is 1.17 bits per heavy atom. The lowest BCUT2D eigenvalue weighted by Crippen LogP contribution is -2.14. The summed E-state index contributed by atoms with van der Waals surface area (Å²) in [5.74, 6) is 0.317. The van der Waals surface area contributed by atoms with E-state index in [1.807, 2.05) is 37.4 Å². The van der Waals surface area contributed by atoms with Crippen LogP contribution < -0.4 is 16.4 Å². The third kappa shape index (κ3) is 4.52. The van der Waals surface area contributed by atoms with Gasteiger partial charge in [-0.05, 0) is 35.9 Å². The van der Waals surface area contributed by atoms with E-state index in [1.165, 1.54) is 0 Å². The van der Waals surface area contributed by atoms with E-state index in [2.05, 4.69) is 30.9 Å². The maximum absolute atomic E-state index is 12.4. The smallest absolute Gasteiger partial charge is 0.255 e. The number of aromatic nitrogens is 2. The number of hydrogen-bond donors (Lipinski definition) is 3. The van der Waals surface area contributed by atoms with Gasteiger partial charge in [-0.25, -0.2) is 9.97 Å². The maximum Gasteiger partial charge on any atom is 0.255 e. The van der Waals surface area contributed by atoms with Crippen molar-refractivity contribution >= 4 is 23.2 Å². The first-order chi connectivity index (χ1) is 14.6. The van der Waals surface area contributed by atoms with Gasteiger partial charge in [-0.1, -0.05) is 29.5 Å². The summed E-state index contributed by atoms with van der Waals surface area (Å²) >= 11 is 0. The van der Waals surface area contributed by atoms with Crippen molar-refractivity contribution < 1.29 is 4.79 Å². The fourth-order valence-electron chi connectivity index (χ4n) is 3.03. The molecule has 1 aliphatic heterocycles. The van der Waals surface area contributed by atoms with Gasteiger partial charge in [-0.15, -0.1) is 0 Å². The molecule has 30 heavy (non-hydrogen) atoms. The van der Waals surface area contributed by atoms with Crippen molar-refractivity contribution in [2.24, 2.45) is 10.3 Å². The largest absolute Gasteiger partial charge is 0.397 e. The Morgan fingerprint density at radius 2 is 1.97 bits per heavy atom. The van der Waals surface area contributed by atoms with Crippen molar-refractivity contribution in [3.8, 4) is 0 Å². The molecule has 0 spiro atoms.